The lowest BCUT2D eigenvalue weighted by atomic mass is 9.82. The zero-order chi connectivity index (χ0) is 17.6. The molecular weight excluding hydrogens is 355 g/mol. The molecule has 1 aliphatic heterocycles. The molecule has 4 rings (SSSR count). The SMILES string of the molecule is Cl.NC1C2CCC(C2)C1C(=O)N1CCC(C(O)c2ccc(F)cc2)CC1. The zero-order valence-corrected chi connectivity index (χ0v) is 15.7. The van der Waals surface area contributed by atoms with Crippen molar-refractivity contribution in [3.63, 3.8) is 0 Å². The van der Waals surface area contributed by atoms with Crippen LogP contribution >= 0.6 is 12.4 Å². The maximum absolute atomic E-state index is 13.0. The molecule has 5 atom stereocenters. The molecule has 26 heavy (non-hydrogen) atoms. The maximum Gasteiger partial charge on any atom is 0.227 e. The lowest BCUT2D eigenvalue weighted by Gasteiger charge is -2.38. The molecule has 3 aliphatic rings. The van der Waals surface area contributed by atoms with Gasteiger partial charge in [-0.1, -0.05) is 12.1 Å². The third-order valence-corrected chi connectivity index (χ3v) is 6.78. The summed E-state index contributed by atoms with van der Waals surface area (Å²) in [6.45, 7) is 1.37. The Morgan fingerprint density at radius 1 is 1.12 bits per heavy atom. The number of carbonyl (C=O) groups excluding carboxylic acids is 1. The van der Waals surface area contributed by atoms with Crippen molar-refractivity contribution in [2.24, 2.45) is 29.4 Å². The molecule has 2 saturated carbocycles. The molecule has 6 heteroatoms. The number of benzene rings is 1. The molecule has 1 saturated heterocycles. The smallest absolute Gasteiger partial charge is 0.227 e. The highest BCUT2D eigenvalue weighted by Gasteiger charge is 2.50. The van der Waals surface area contributed by atoms with Gasteiger partial charge in [-0.05, 0) is 67.6 Å². The second-order valence-corrected chi connectivity index (χ2v) is 8.10. The Morgan fingerprint density at radius 3 is 2.31 bits per heavy atom. The first-order valence-electron chi connectivity index (χ1n) is 9.52. The van der Waals surface area contributed by atoms with Gasteiger partial charge in [-0.15, -0.1) is 12.4 Å². The Labute approximate surface area is 160 Å². The predicted molar refractivity (Wildman–Crippen MR) is 100 cm³/mol. The Hall–Kier alpha value is -1.17. The molecule has 0 radical (unpaired) electrons. The van der Waals surface area contributed by atoms with Gasteiger partial charge in [-0.3, -0.25) is 4.79 Å². The highest BCUT2D eigenvalue weighted by Crippen LogP contribution is 2.48. The summed E-state index contributed by atoms with van der Waals surface area (Å²) in [6.07, 6.45) is 4.41. The topological polar surface area (TPSA) is 66.6 Å². The van der Waals surface area contributed by atoms with E-state index in [9.17, 15) is 14.3 Å². The van der Waals surface area contributed by atoms with Crippen LogP contribution in [0.25, 0.3) is 0 Å². The zero-order valence-electron chi connectivity index (χ0n) is 14.9. The molecule has 1 aromatic carbocycles. The summed E-state index contributed by atoms with van der Waals surface area (Å²) < 4.78 is 13.0. The van der Waals surface area contributed by atoms with Crippen molar-refractivity contribution < 1.29 is 14.3 Å². The van der Waals surface area contributed by atoms with E-state index >= 15 is 0 Å². The van der Waals surface area contributed by atoms with Crippen LogP contribution in [0.3, 0.4) is 0 Å². The van der Waals surface area contributed by atoms with Crippen molar-refractivity contribution in [3.05, 3.63) is 35.6 Å². The maximum atomic E-state index is 13.0. The molecule has 4 nitrogen and oxygen atoms in total. The Morgan fingerprint density at radius 2 is 1.73 bits per heavy atom. The second kappa shape index (κ2) is 7.83. The lowest BCUT2D eigenvalue weighted by Crippen LogP contribution is -2.49. The summed E-state index contributed by atoms with van der Waals surface area (Å²) in [5.41, 5.74) is 7.07. The van der Waals surface area contributed by atoms with Crippen LogP contribution in [-0.2, 0) is 4.79 Å². The van der Waals surface area contributed by atoms with Crippen LogP contribution in [0.5, 0.6) is 0 Å². The minimum Gasteiger partial charge on any atom is -0.388 e. The molecule has 0 spiro atoms. The van der Waals surface area contributed by atoms with E-state index in [4.69, 9.17) is 5.73 Å². The summed E-state index contributed by atoms with van der Waals surface area (Å²) in [6, 6.07) is 6.09. The van der Waals surface area contributed by atoms with Gasteiger partial charge in [0.05, 0.1) is 12.0 Å². The number of nitrogens with zero attached hydrogens (tertiary/aromatic N) is 1. The van der Waals surface area contributed by atoms with Crippen molar-refractivity contribution in [3.8, 4) is 0 Å². The average molecular weight is 383 g/mol. The second-order valence-electron chi connectivity index (χ2n) is 8.10. The van der Waals surface area contributed by atoms with Gasteiger partial charge in [0, 0.05) is 19.1 Å². The fourth-order valence-corrected chi connectivity index (χ4v) is 5.28. The number of nitrogens with two attached hydrogens (primary N) is 1. The van der Waals surface area contributed by atoms with E-state index < -0.39 is 6.10 Å². The van der Waals surface area contributed by atoms with Crippen LogP contribution in [0.1, 0.15) is 43.8 Å². The van der Waals surface area contributed by atoms with Crippen molar-refractivity contribution in [1.29, 1.82) is 0 Å². The van der Waals surface area contributed by atoms with Crippen molar-refractivity contribution >= 4 is 18.3 Å². The molecule has 3 N–H and O–H groups in total. The van der Waals surface area contributed by atoms with Gasteiger partial charge in [0.25, 0.3) is 0 Å². The normalized spacial score (nSPS) is 32.3. The Balaban J connectivity index is 0.00000196. The van der Waals surface area contributed by atoms with Gasteiger partial charge < -0.3 is 15.7 Å². The fraction of sp³-hybridized carbons (Fsp3) is 0.650. The van der Waals surface area contributed by atoms with E-state index in [1.54, 1.807) is 12.1 Å². The first-order chi connectivity index (χ1) is 12.0. The van der Waals surface area contributed by atoms with Crippen molar-refractivity contribution in [1.82, 2.24) is 4.90 Å². The van der Waals surface area contributed by atoms with E-state index in [2.05, 4.69) is 0 Å². The number of hydrogen-bond acceptors (Lipinski definition) is 3. The summed E-state index contributed by atoms with van der Waals surface area (Å²) in [4.78, 5) is 14.9. The highest BCUT2D eigenvalue weighted by molar-refractivity contribution is 5.85. The number of fused-ring (bicyclic) bond motifs is 2. The summed E-state index contributed by atoms with van der Waals surface area (Å²) in [7, 11) is 0. The van der Waals surface area contributed by atoms with E-state index in [0.717, 1.165) is 31.2 Å². The van der Waals surface area contributed by atoms with Gasteiger partial charge in [0.1, 0.15) is 5.82 Å². The molecule has 5 unspecified atom stereocenters. The minimum absolute atomic E-state index is 0. The lowest BCUT2D eigenvalue weighted by molar-refractivity contribution is -0.139. The molecule has 0 aromatic heterocycles. The standard InChI is InChI=1S/C20H27FN2O2.ClH/c21-16-5-3-12(4-6-16)19(24)13-7-9-23(10-8-13)20(25)17-14-1-2-15(11-14)18(17)22;/h3-6,13-15,17-19,24H,1-2,7-11,22H2;1H. The molecule has 1 aromatic rings. The first-order valence-corrected chi connectivity index (χ1v) is 9.52. The molecule has 2 bridgehead atoms. The number of aliphatic hydroxyl groups is 1. The highest BCUT2D eigenvalue weighted by atomic mass is 35.5. The van der Waals surface area contributed by atoms with Crippen molar-refractivity contribution in [2.75, 3.05) is 13.1 Å². The largest absolute Gasteiger partial charge is 0.388 e. The molecule has 1 amide bonds. The number of hydrogen-bond donors (Lipinski definition) is 2. The number of likely N-dealkylation sites (tertiary alicyclic amines) is 1. The molecule has 1 heterocycles. The van der Waals surface area contributed by atoms with Gasteiger partial charge in [0.2, 0.25) is 5.91 Å². The van der Waals surface area contributed by atoms with E-state index in [1.165, 1.54) is 18.6 Å². The average Bonchev–Trinajstić information content (AvgIpc) is 3.22. The fourth-order valence-electron chi connectivity index (χ4n) is 5.28. The van der Waals surface area contributed by atoms with Crippen LogP contribution in [-0.4, -0.2) is 35.0 Å². The van der Waals surface area contributed by atoms with E-state index in [0.29, 0.717) is 24.9 Å². The number of rotatable bonds is 3. The summed E-state index contributed by atoms with van der Waals surface area (Å²) in [5.74, 6) is 1.08. The van der Waals surface area contributed by atoms with E-state index in [1.807, 2.05) is 4.90 Å². The molecule has 3 fully saturated rings. The molecular formula is C20H28ClFN2O2. The first kappa shape index (κ1) is 19.6. The van der Waals surface area contributed by atoms with Gasteiger partial charge in [0.15, 0.2) is 0 Å². The number of piperidine rings is 1. The third-order valence-electron chi connectivity index (χ3n) is 6.78. The van der Waals surface area contributed by atoms with Crippen LogP contribution in [0.15, 0.2) is 24.3 Å². The van der Waals surface area contributed by atoms with E-state index in [-0.39, 0.29) is 42.0 Å². The van der Waals surface area contributed by atoms with Crippen LogP contribution < -0.4 is 5.73 Å². The summed E-state index contributed by atoms with van der Waals surface area (Å²) in [5, 5.41) is 10.6. The number of halogens is 2. The monoisotopic (exact) mass is 382 g/mol. The number of carbonyl (C=O) groups is 1. The third kappa shape index (κ3) is 3.49. The van der Waals surface area contributed by atoms with Gasteiger partial charge in [-0.25, -0.2) is 4.39 Å². The predicted octanol–water partition coefficient (Wildman–Crippen LogP) is 2.89. The van der Waals surface area contributed by atoms with Gasteiger partial charge in [-0.2, -0.15) is 0 Å². The Kier molecular flexibility index (Phi) is 5.90. The number of amides is 1. The molecule has 144 valence electrons. The summed E-state index contributed by atoms with van der Waals surface area (Å²) >= 11 is 0. The van der Waals surface area contributed by atoms with Crippen LogP contribution in [0.2, 0.25) is 0 Å². The quantitative estimate of drug-likeness (QED) is 0.844. The molecule has 2 aliphatic carbocycles. The van der Waals surface area contributed by atoms with Gasteiger partial charge >= 0.3 is 0 Å². The minimum atomic E-state index is -0.595. The van der Waals surface area contributed by atoms with Crippen LogP contribution in [0.4, 0.5) is 4.39 Å². The van der Waals surface area contributed by atoms with Crippen molar-refractivity contribution in [2.45, 2.75) is 44.2 Å². The Bertz CT molecular complexity index is 631. The number of aliphatic hydroxyl groups excluding tert-OH is 1. The van der Waals surface area contributed by atoms with Crippen LogP contribution in [0, 0.1) is 29.5 Å².